The van der Waals surface area contributed by atoms with E-state index in [0.29, 0.717) is 12.8 Å². The minimum absolute atomic E-state index is 0. The lowest BCUT2D eigenvalue weighted by Gasteiger charge is -2.37. The summed E-state index contributed by atoms with van der Waals surface area (Å²) in [6, 6.07) is 6.65. The Bertz CT molecular complexity index is 563. The second-order valence-corrected chi connectivity index (χ2v) is 7.41. The number of halogens is 3. The van der Waals surface area contributed by atoms with E-state index >= 15 is 0 Å². The second kappa shape index (κ2) is 11.4. The molecule has 5 nitrogen and oxygen atoms in total. The third kappa shape index (κ3) is 5.94. The van der Waals surface area contributed by atoms with Crippen LogP contribution in [0.5, 0.6) is 11.5 Å². The zero-order valence-electron chi connectivity index (χ0n) is 15.7. The van der Waals surface area contributed by atoms with E-state index < -0.39 is 0 Å². The third-order valence-electron chi connectivity index (χ3n) is 5.83. The lowest BCUT2D eigenvalue weighted by atomic mass is 9.84. The number of benzene rings is 1. The van der Waals surface area contributed by atoms with E-state index in [2.05, 4.69) is 21.9 Å². The van der Waals surface area contributed by atoms with Gasteiger partial charge in [0, 0.05) is 32.2 Å². The number of anilines is 1. The van der Waals surface area contributed by atoms with Gasteiger partial charge in [-0.05, 0) is 56.7 Å². The zero-order chi connectivity index (χ0) is 16.4. The van der Waals surface area contributed by atoms with Gasteiger partial charge in [-0.25, -0.2) is 0 Å². The van der Waals surface area contributed by atoms with Crippen molar-refractivity contribution in [3.8, 4) is 11.5 Å². The van der Waals surface area contributed by atoms with E-state index in [1.165, 1.54) is 44.3 Å². The van der Waals surface area contributed by atoms with Crippen LogP contribution in [-0.2, 0) is 0 Å². The van der Waals surface area contributed by atoms with Gasteiger partial charge in [-0.1, -0.05) is 6.07 Å². The highest BCUT2D eigenvalue weighted by Crippen LogP contribution is 2.41. The Kier molecular flexibility index (Phi) is 10.3. The Labute approximate surface area is 181 Å². The fourth-order valence-electron chi connectivity index (χ4n) is 4.22. The summed E-state index contributed by atoms with van der Waals surface area (Å²) in [7, 11) is 0. The first kappa shape index (κ1) is 24.4. The quantitative estimate of drug-likeness (QED) is 0.773. The molecule has 4 rings (SSSR count). The monoisotopic (exact) mass is 439 g/mol. The molecule has 27 heavy (non-hydrogen) atoms. The minimum atomic E-state index is 0. The first-order valence-electron chi connectivity index (χ1n) is 9.41. The molecule has 0 amide bonds. The van der Waals surface area contributed by atoms with Crippen LogP contribution in [0.25, 0.3) is 0 Å². The van der Waals surface area contributed by atoms with Gasteiger partial charge < -0.3 is 20.1 Å². The van der Waals surface area contributed by atoms with Crippen LogP contribution in [0, 0.1) is 5.92 Å². The molecule has 0 spiro atoms. The van der Waals surface area contributed by atoms with Crippen LogP contribution >= 0.6 is 37.2 Å². The SMILES string of the molecule is Cl.Cl.Cl.N[C@H]1CC[C@H](CCN2CCN(c3cccc4c3OCO4)CC2)CC1. The van der Waals surface area contributed by atoms with Gasteiger partial charge in [0.25, 0.3) is 0 Å². The van der Waals surface area contributed by atoms with Crippen molar-refractivity contribution < 1.29 is 9.47 Å². The number of nitrogens with two attached hydrogens (primary N) is 1. The number of rotatable bonds is 4. The van der Waals surface area contributed by atoms with Crippen LogP contribution in [0.15, 0.2) is 18.2 Å². The van der Waals surface area contributed by atoms with Gasteiger partial charge >= 0.3 is 0 Å². The highest BCUT2D eigenvalue weighted by Gasteiger charge is 2.25. The normalized spacial score (nSPS) is 24.4. The maximum atomic E-state index is 6.01. The number of hydrogen-bond acceptors (Lipinski definition) is 5. The average Bonchev–Trinajstić information content (AvgIpc) is 3.10. The van der Waals surface area contributed by atoms with E-state index in [0.717, 1.165) is 43.6 Å². The Morgan fingerprint density at radius 3 is 2.33 bits per heavy atom. The molecule has 2 fully saturated rings. The molecule has 1 saturated carbocycles. The summed E-state index contributed by atoms with van der Waals surface area (Å²) in [5.41, 5.74) is 7.20. The van der Waals surface area contributed by atoms with E-state index in [9.17, 15) is 0 Å². The molecule has 1 aliphatic carbocycles. The molecule has 2 N–H and O–H groups in total. The largest absolute Gasteiger partial charge is 0.454 e. The number of para-hydroxylation sites is 1. The maximum Gasteiger partial charge on any atom is 0.231 e. The molecule has 8 heteroatoms. The van der Waals surface area contributed by atoms with E-state index in [1.807, 2.05) is 6.07 Å². The van der Waals surface area contributed by atoms with Crippen LogP contribution in [0.2, 0.25) is 0 Å². The average molecular weight is 441 g/mol. The molecule has 1 saturated heterocycles. The zero-order valence-corrected chi connectivity index (χ0v) is 18.1. The van der Waals surface area contributed by atoms with Gasteiger partial charge in [-0.15, -0.1) is 37.2 Å². The molecule has 1 aromatic carbocycles. The Balaban J connectivity index is 0.00000121. The molecule has 2 heterocycles. The van der Waals surface area contributed by atoms with E-state index in [-0.39, 0.29) is 37.2 Å². The van der Waals surface area contributed by atoms with E-state index in [1.54, 1.807) is 0 Å². The number of hydrogen-bond donors (Lipinski definition) is 1. The molecule has 0 unspecified atom stereocenters. The topological polar surface area (TPSA) is 51.0 Å². The first-order chi connectivity index (χ1) is 11.8. The predicted octanol–water partition coefficient (Wildman–Crippen LogP) is 3.71. The summed E-state index contributed by atoms with van der Waals surface area (Å²) in [5.74, 6) is 2.70. The second-order valence-electron chi connectivity index (χ2n) is 7.41. The fourth-order valence-corrected chi connectivity index (χ4v) is 4.22. The molecule has 0 radical (unpaired) electrons. The summed E-state index contributed by atoms with van der Waals surface area (Å²) < 4.78 is 11.2. The Morgan fingerprint density at radius 2 is 1.63 bits per heavy atom. The maximum absolute atomic E-state index is 6.01. The number of nitrogens with zero attached hydrogens (tertiary/aromatic N) is 2. The lowest BCUT2D eigenvalue weighted by molar-refractivity contribution is 0.173. The highest BCUT2D eigenvalue weighted by atomic mass is 35.5. The summed E-state index contributed by atoms with van der Waals surface area (Å²) in [6.45, 7) is 5.98. The van der Waals surface area contributed by atoms with E-state index in [4.69, 9.17) is 15.2 Å². The summed E-state index contributed by atoms with van der Waals surface area (Å²) in [4.78, 5) is 5.05. The van der Waals surface area contributed by atoms with Crippen molar-refractivity contribution in [2.45, 2.75) is 38.1 Å². The van der Waals surface area contributed by atoms with Crippen molar-refractivity contribution in [2.24, 2.45) is 11.7 Å². The van der Waals surface area contributed by atoms with Crippen LogP contribution in [0.3, 0.4) is 0 Å². The number of fused-ring (bicyclic) bond motifs is 1. The standard InChI is InChI=1S/C19H29N3O2.3ClH/c20-16-6-4-15(5-7-16)8-9-21-10-12-22(13-11-21)17-2-1-3-18-19(17)24-14-23-18;;;/h1-3,15-16H,4-14,20H2;3*1H/t15-,16-;;;. The molecule has 3 aliphatic rings. The van der Waals surface area contributed by atoms with Crippen molar-refractivity contribution in [1.82, 2.24) is 4.90 Å². The molecular weight excluding hydrogens is 409 g/mol. The molecule has 0 atom stereocenters. The predicted molar refractivity (Wildman–Crippen MR) is 118 cm³/mol. The lowest BCUT2D eigenvalue weighted by Crippen LogP contribution is -2.47. The molecular formula is C19H32Cl3N3O2. The minimum Gasteiger partial charge on any atom is -0.454 e. The Hall–Kier alpha value is -0.590. The van der Waals surface area contributed by atoms with Crippen molar-refractivity contribution >= 4 is 42.9 Å². The Morgan fingerprint density at radius 1 is 0.926 bits per heavy atom. The summed E-state index contributed by atoms with van der Waals surface area (Å²) in [5, 5.41) is 0. The van der Waals surface area contributed by atoms with Gasteiger partial charge in [0.1, 0.15) is 0 Å². The molecule has 156 valence electrons. The van der Waals surface area contributed by atoms with Gasteiger partial charge in [-0.3, -0.25) is 4.90 Å². The smallest absolute Gasteiger partial charge is 0.231 e. The first-order valence-corrected chi connectivity index (χ1v) is 9.41. The van der Waals surface area contributed by atoms with Crippen LogP contribution in [-0.4, -0.2) is 50.5 Å². The van der Waals surface area contributed by atoms with Crippen LogP contribution in [0.1, 0.15) is 32.1 Å². The van der Waals surface area contributed by atoms with Crippen molar-refractivity contribution in [3.05, 3.63) is 18.2 Å². The van der Waals surface area contributed by atoms with Crippen molar-refractivity contribution in [2.75, 3.05) is 44.4 Å². The summed E-state index contributed by atoms with van der Waals surface area (Å²) >= 11 is 0. The van der Waals surface area contributed by atoms with Crippen LogP contribution < -0.4 is 20.1 Å². The van der Waals surface area contributed by atoms with Gasteiger partial charge in [0.05, 0.1) is 5.69 Å². The van der Waals surface area contributed by atoms with Gasteiger partial charge in [0.2, 0.25) is 6.79 Å². The molecule has 2 aliphatic heterocycles. The van der Waals surface area contributed by atoms with Gasteiger partial charge in [0.15, 0.2) is 11.5 Å². The highest BCUT2D eigenvalue weighted by molar-refractivity contribution is 5.86. The van der Waals surface area contributed by atoms with Crippen LogP contribution in [0.4, 0.5) is 5.69 Å². The third-order valence-corrected chi connectivity index (χ3v) is 5.83. The molecule has 1 aromatic rings. The summed E-state index contributed by atoms with van der Waals surface area (Å²) in [6.07, 6.45) is 6.44. The van der Waals surface area contributed by atoms with Gasteiger partial charge in [-0.2, -0.15) is 0 Å². The molecule has 0 aromatic heterocycles. The molecule has 0 bridgehead atoms. The van der Waals surface area contributed by atoms with Crippen molar-refractivity contribution in [3.63, 3.8) is 0 Å². The number of piperazine rings is 1. The fraction of sp³-hybridized carbons (Fsp3) is 0.684. The van der Waals surface area contributed by atoms with Crippen molar-refractivity contribution in [1.29, 1.82) is 0 Å². The number of ether oxygens (including phenoxy) is 2.